The highest BCUT2D eigenvalue weighted by molar-refractivity contribution is 5.83. The third-order valence-electron chi connectivity index (χ3n) is 1.92. The number of rotatable bonds is 3. The van der Waals surface area contributed by atoms with Crippen molar-refractivity contribution in [1.29, 1.82) is 5.26 Å². The fraction of sp³-hybridized carbons (Fsp3) is 0.300. The molecule has 1 atom stereocenters. The number of anilines is 1. The SMILES string of the molecule is CNC(=O)C(C)Nc1ncccc1C#N. The molecule has 0 aliphatic rings. The van der Waals surface area contributed by atoms with E-state index in [1.165, 1.54) is 0 Å². The van der Waals surface area contributed by atoms with Crippen molar-refractivity contribution in [3.05, 3.63) is 23.9 Å². The van der Waals surface area contributed by atoms with E-state index in [1.807, 2.05) is 6.07 Å². The monoisotopic (exact) mass is 204 g/mol. The first-order valence-corrected chi connectivity index (χ1v) is 4.52. The predicted molar refractivity (Wildman–Crippen MR) is 56.1 cm³/mol. The van der Waals surface area contributed by atoms with Crippen molar-refractivity contribution >= 4 is 11.7 Å². The third kappa shape index (κ3) is 2.68. The van der Waals surface area contributed by atoms with Crippen molar-refractivity contribution in [3.63, 3.8) is 0 Å². The Kier molecular flexibility index (Phi) is 3.63. The molecule has 0 aliphatic heterocycles. The predicted octanol–water partition coefficient (Wildman–Crippen LogP) is 0.500. The number of pyridine rings is 1. The second kappa shape index (κ2) is 4.96. The topological polar surface area (TPSA) is 77.8 Å². The Hall–Kier alpha value is -2.09. The van der Waals surface area contributed by atoms with Crippen LogP contribution >= 0.6 is 0 Å². The van der Waals surface area contributed by atoms with Gasteiger partial charge < -0.3 is 10.6 Å². The molecule has 0 aliphatic carbocycles. The molecule has 0 bridgehead atoms. The maximum Gasteiger partial charge on any atom is 0.241 e. The molecule has 1 amide bonds. The lowest BCUT2D eigenvalue weighted by molar-refractivity contribution is -0.121. The first-order valence-electron chi connectivity index (χ1n) is 4.52. The van der Waals surface area contributed by atoms with E-state index in [-0.39, 0.29) is 5.91 Å². The normalized spacial score (nSPS) is 11.3. The van der Waals surface area contributed by atoms with Crippen LogP contribution in [0.2, 0.25) is 0 Å². The van der Waals surface area contributed by atoms with E-state index in [0.717, 1.165) is 0 Å². The van der Waals surface area contributed by atoms with Crippen molar-refractivity contribution in [3.8, 4) is 6.07 Å². The summed E-state index contributed by atoms with van der Waals surface area (Å²) in [5, 5.41) is 14.2. The van der Waals surface area contributed by atoms with Crippen molar-refractivity contribution in [1.82, 2.24) is 10.3 Å². The van der Waals surface area contributed by atoms with Crippen LogP contribution in [0.3, 0.4) is 0 Å². The fourth-order valence-electron chi connectivity index (χ4n) is 1.10. The van der Waals surface area contributed by atoms with Gasteiger partial charge in [-0.05, 0) is 19.1 Å². The summed E-state index contributed by atoms with van der Waals surface area (Å²) < 4.78 is 0. The second-order valence-corrected chi connectivity index (χ2v) is 2.99. The third-order valence-corrected chi connectivity index (χ3v) is 1.92. The number of carbonyl (C=O) groups excluding carboxylic acids is 1. The Balaban J connectivity index is 2.81. The first-order chi connectivity index (χ1) is 7.19. The zero-order valence-corrected chi connectivity index (χ0v) is 8.61. The Morgan fingerprint density at radius 1 is 1.67 bits per heavy atom. The summed E-state index contributed by atoms with van der Waals surface area (Å²) in [6.45, 7) is 1.70. The highest BCUT2D eigenvalue weighted by Gasteiger charge is 2.12. The number of hydrogen-bond acceptors (Lipinski definition) is 4. The van der Waals surface area contributed by atoms with Gasteiger partial charge in [0, 0.05) is 13.2 Å². The van der Waals surface area contributed by atoms with Crippen LogP contribution in [0.25, 0.3) is 0 Å². The zero-order chi connectivity index (χ0) is 11.3. The molecule has 0 spiro atoms. The highest BCUT2D eigenvalue weighted by Crippen LogP contribution is 2.10. The van der Waals surface area contributed by atoms with Crippen LogP contribution in [-0.4, -0.2) is 24.0 Å². The quantitative estimate of drug-likeness (QED) is 0.751. The number of aromatic nitrogens is 1. The van der Waals surface area contributed by atoms with Gasteiger partial charge in [-0.2, -0.15) is 5.26 Å². The van der Waals surface area contributed by atoms with Gasteiger partial charge in [-0.3, -0.25) is 4.79 Å². The van der Waals surface area contributed by atoms with Crippen molar-refractivity contribution in [2.75, 3.05) is 12.4 Å². The molecule has 0 fully saturated rings. The standard InChI is InChI=1S/C10H12N4O/c1-7(10(15)12-2)14-9-8(6-11)4-3-5-13-9/h3-5,7H,1-2H3,(H,12,15)(H,13,14). The van der Waals surface area contributed by atoms with Gasteiger partial charge in [0.15, 0.2) is 0 Å². The molecule has 15 heavy (non-hydrogen) atoms. The van der Waals surface area contributed by atoms with E-state index >= 15 is 0 Å². The van der Waals surface area contributed by atoms with Crippen LogP contribution in [-0.2, 0) is 4.79 Å². The maximum atomic E-state index is 11.2. The molecular weight excluding hydrogens is 192 g/mol. The van der Waals surface area contributed by atoms with Crippen LogP contribution in [0.4, 0.5) is 5.82 Å². The Labute approximate surface area is 88.1 Å². The Bertz CT molecular complexity index is 397. The number of carbonyl (C=O) groups is 1. The number of nitrogens with one attached hydrogen (secondary N) is 2. The molecule has 1 aromatic rings. The molecule has 1 unspecified atom stereocenters. The number of hydrogen-bond donors (Lipinski definition) is 2. The van der Waals surface area contributed by atoms with Crippen LogP contribution in [0.5, 0.6) is 0 Å². The van der Waals surface area contributed by atoms with E-state index in [4.69, 9.17) is 5.26 Å². The first kappa shape index (κ1) is 11.0. The smallest absolute Gasteiger partial charge is 0.241 e. The van der Waals surface area contributed by atoms with Crippen molar-refractivity contribution in [2.45, 2.75) is 13.0 Å². The molecule has 5 heteroatoms. The average molecular weight is 204 g/mol. The lowest BCUT2D eigenvalue weighted by Gasteiger charge is -2.13. The van der Waals surface area contributed by atoms with Gasteiger partial charge in [-0.1, -0.05) is 0 Å². The lowest BCUT2D eigenvalue weighted by atomic mass is 10.2. The average Bonchev–Trinajstić information content (AvgIpc) is 2.28. The molecule has 0 saturated carbocycles. The molecule has 2 N–H and O–H groups in total. The fourth-order valence-corrected chi connectivity index (χ4v) is 1.10. The van der Waals surface area contributed by atoms with Crippen LogP contribution in [0.15, 0.2) is 18.3 Å². The molecule has 1 aromatic heterocycles. The van der Waals surface area contributed by atoms with Gasteiger partial charge in [-0.15, -0.1) is 0 Å². The number of likely N-dealkylation sites (N-methyl/N-ethyl adjacent to an activating group) is 1. The maximum absolute atomic E-state index is 11.2. The molecular formula is C10H12N4O. The summed E-state index contributed by atoms with van der Waals surface area (Å²) in [4.78, 5) is 15.2. The largest absolute Gasteiger partial charge is 0.358 e. The number of amides is 1. The van der Waals surface area contributed by atoms with E-state index in [9.17, 15) is 4.79 Å². The summed E-state index contributed by atoms with van der Waals surface area (Å²) in [6, 6.07) is 4.90. The summed E-state index contributed by atoms with van der Waals surface area (Å²) in [5.74, 6) is 0.278. The van der Waals surface area contributed by atoms with Gasteiger partial charge in [0.2, 0.25) is 5.91 Å². The van der Waals surface area contributed by atoms with Gasteiger partial charge in [0.05, 0.1) is 5.56 Å². The van der Waals surface area contributed by atoms with E-state index in [1.54, 1.807) is 32.3 Å². The van der Waals surface area contributed by atoms with Crippen LogP contribution in [0.1, 0.15) is 12.5 Å². The second-order valence-electron chi connectivity index (χ2n) is 2.99. The molecule has 0 radical (unpaired) electrons. The summed E-state index contributed by atoms with van der Waals surface area (Å²) in [7, 11) is 1.56. The highest BCUT2D eigenvalue weighted by atomic mass is 16.2. The minimum Gasteiger partial charge on any atom is -0.358 e. The van der Waals surface area contributed by atoms with Gasteiger partial charge in [0.25, 0.3) is 0 Å². The molecule has 0 aromatic carbocycles. The van der Waals surface area contributed by atoms with E-state index < -0.39 is 6.04 Å². The van der Waals surface area contributed by atoms with Crippen LogP contribution in [0, 0.1) is 11.3 Å². The van der Waals surface area contributed by atoms with E-state index in [0.29, 0.717) is 11.4 Å². The zero-order valence-electron chi connectivity index (χ0n) is 8.61. The molecule has 1 rings (SSSR count). The molecule has 1 heterocycles. The molecule has 0 saturated heterocycles. The van der Waals surface area contributed by atoms with E-state index in [2.05, 4.69) is 15.6 Å². The Morgan fingerprint density at radius 3 is 3.00 bits per heavy atom. The van der Waals surface area contributed by atoms with Crippen molar-refractivity contribution in [2.24, 2.45) is 0 Å². The van der Waals surface area contributed by atoms with Crippen molar-refractivity contribution < 1.29 is 4.79 Å². The molecule has 78 valence electrons. The summed E-state index contributed by atoms with van der Waals surface area (Å²) >= 11 is 0. The van der Waals surface area contributed by atoms with Gasteiger partial charge >= 0.3 is 0 Å². The minimum absolute atomic E-state index is 0.149. The number of nitriles is 1. The Morgan fingerprint density at radius 2 is 2.40 bits per heavy atom. The number of nitrogens with zero attached hydrogens (tertiary/aromatic N) is 2. The lowest BCUT2D eigenvalue weighted by Crippen LogP contribution is -2.35. The summed E-state index contributed by atoms with van der Waals surface area (Å²) in [5.41, 5.74) is 0.424. The summed E-state index contributed by atoms with van der Waals surface area (Å²) in [6.07, 6.45) is 1.57. The van der Waals surface area contributed by atoms with Crippen LogP contribution < -0.4 is 10.6 Å². The molecule has 5 nitrogen and oxygen atoms in total. The van der Waals surface area contributed by atoms with Gasteiger partial charge in [-0.25, -0.2) is 4.98 Å². The van der Waals surface area contributed by atoms with Gasteiger partial charge in [0.1, 0.15) is 17.9 Å². The minimum atomic E-state index is -0.419.